The fourth-order valence-corrected chi connectivity index (χ4v) is 2.61. The van der Waals surface area contributed by atoms with Gasteiger partial charge in [0.05, 0.1) is 0 Å². The van der Waals surface area contributed by atoms with E-state index in [1.165, 1.54) is 0 Å². The van der Waals surface area contributed by atoms with Gasteiger partial charge in [0.15, 0.2) is 5.78 Å². The van der Waals surface area contributed by atoms with Crippen molar-refractivity contribution in [1.82, 2.24) is 4.98 Å². The van der Waals surface area contributed by atoms with Gasteiger partial charge < -0.3 is 4.98 Å². The lowest BCUT2D eigenvalue weighted by atomic mass is 10.0. The summed E-state index contributed by atoms with van der Waals surface area (Å²) in [6.07, 6.45) is 2.24. The zero-order valence-electron chi connectivity index (χ0n) is 11.1. The number of aromatic amines is 1. The number of rotatable bonds is 3. The molecule has 0 saturated heterocycles. The van der Waals surface area contributed by atoms with Crippen LogP contribution in [0.25, 0.3) is 10.9 Å². The van der Waals surface area contributed by atoms with Gasteiger partial charge in [-0.25, -0.2) is 0 Å². The van der Waals surface area contributed by atoms with Gasteiger partial charge in [-0.15, -0.1) is 0 Å². The summed E-state index contributed by atoms with van der Waals surface area (Å²) in [7, 11) is 0. The molecule has 0 fully saturated rings. The maximum absolute atomic E-state index is 12.5. The van der Waals surface area contributed by atoms with Crippen molar-refractivity contribution in [2.45, 2.75) is 13.3 Å². The molecule has 0 aliphatic rings. The average molecular weight is 328 g/mol. The molecule has 100 valence electrons. The van der Waals surface area contributed by atoms with Crippen LogP contribution in [-0.4, -0.2) is 10.8 Å². The summed E-state index contributed by atoms with van der Waals surface area (Å²) < 4.78 is 1.02. The van der Waals surface area contributed by atoms with Crippen molar-refractivity contribution in [2.75, 3.05) is 0 Å². The minimum absolute atomic E-state index is 0.143. The van der Waals surface area contributed by atoms with Crippen molar-refractivity contribution >= 4 is 32.6 Å². The molecule has 2 nitrogen and oxygen atoms in total. The molecule has 0 amide bonds. The molecule has 20 heavy (non-hydrogen) atoms. The third-order valence-electron chi connectivity index (χ3n) is 3.42. The van der Waals surface area contributed by atoms with E-state index in [1.807, 2.05) is 49.5 Å². The van der Waals surface area contributed by atoms with Gasteiger partial charge in [-0.05, 0) is 36.8 Å². The Balaban J connectivity index is 1.92. The number of hydrogen-bond donors (Lipinski definition) is 1. The minimum atomic E-state index is 0.143. The van der Waals surface area contributed by atoms with Crippen molar-refractivity contribution in [3.63, 3.8) is 0 Å². The molecule has 0 spiro atoms. The van der Waals surface area contributed by atoms with Gasteiger partial charge in [-0.2, -0.15) is 0 Å². The van der Waals surface area contributed by atoms with Crippen LogP contribution in [0, 0.1) is 6.92 Å². The lowest BCUT2D eigenvalue weighted by molar-refractivity contribution is 0.0994. The number of carbonyl (C=O) groups excluding carboxylic acids is 1. The molecule has 0 aliphatic heterocycles. The first kappa shape index (κ1) is 13.1. The number of benzene rings is 2. The Bertz CT molecular complexity index is 771. The van der Waals surface area contributed by atoms with Gasteiger partial charge in [0.25, 0.3) is 0 Å². The SMILES string of the molecule is Cc1ccc2[nH]cc(C(=O)Cc3ccc(Br)cc3)c2c1. The maximum Gasteiger partial charge on any atom is 0.169 e. The largest absolute Gasteiger partial charge is 0.360 e. The molecule has 3 rings (SSSR count). The van der Waals surface area contributed by atoms with Gasteiger partial charge in [-0.3, -0.25) is 4.79 Å². The standard InChI is InChI=1S/C17H14BrNO/c1-11-2-7-16-14(8-11)15(10-19-16)17(20)9-12-3-5-13(18)6-4-12/h2-8,10,19H,9H2,1H3. The van der Waals surface area contributed by atoms with Crippen LogP contribution in [-0.2, 0) is 6.42 Å². The highest BCUT2D eigenvalue weighted by Crippen LogP contribution is 2.21. The van der Waals surface area contributed by atoms with Crippen molar-refractivity contribution in [1.29, 1.82) is 0 Å². The predicted molar refractivity (Wildman–Crippen MR) is 85.2 cm³/mol. The lowest BCUT2D eigenvalue weighted by Gasteiger charge is -2.01. The molecule has 0 unspecified atom stereocenters. The molecule has 1 aromatic heterocycles. The molecule has 3 aromatic rings. The normalized spacial score (nSPS) is 10.9. The number of hydrogen-bond acceptors (Lipinski definition) is 1. The molecule has 0 aliphatic carbocycles. The van der Waals surface area contributed by atoms with E-state index >= 15 is 0 Å². The van der Waals surface area contributed by atoms with Crippen LogP contribution in [0.5, 0.6) is 0 Å². The molecular weight excluding hydrogens is 314 g/mol. The first-order valence-electron chi connectivity index (χ1n) is 6.49. The third-order valence-corrected chi connectivity index (χ3v) is 3.94. The number of Topliss-reactive ketones (excluding diaryl/α,β-unsaturated/α-hetero) is 1. The van der Waals surface area contributed by atoms with Crippen molar-refractivity contribution in [3.8, 4) is 0 Å². The molecule has 0 radical (unpaired) electrons. The Morgan fingerprint density at radius 2 is 1.90 bits per heavy atom. The Kier molecular flexibility index (Phi) is 3.45. The molecule has 0 atom stereocenters. The quantitative estimate of drug-likeness (QED) is 0.697. The first-order valence-corrected chi connectivity index (χ1v) is 7.28. The second-order valence-electron chi connectivity index (χ2n) is 4.98. The molecule has 0 bridgehead atoms. The van der Waals surface area contributed by atoms with Crippen molar-refractivity contribution in [2.24, 2.45) is 0 Å². The van der Waals surface area contributed by atoms with E-state index in [1.54, 1.807) is 0 Å². The van der Waals surface area contributed by atoms with Crippen LogP contribution < -0.4 is 0 Å². The number of fused-ring (bicyclic) bond motifs is 1. The summed E-state index contributed by atoms with van der Waals surface area (Å²) >= 11 is 3.40. The van der Waals surface area contributed by atoms with Crippen molar-refractivity contribution in [3.05, 3.63) is 69.8 Å². The molecule has 0 saturated carbocycles. The second kappa shape index (κ2) is 5.25. The number of aryl methyl sites for hydroxylation is 1. The Morgan fingerprint density at radius 3 is 2.65 bits per heavy atom. The van der Waals surface area contributed by atoms with Crippen LogP contribution in [0.15, 0.2) is 53.1 Å². The predicted octanol–water partition coefficient (Wildman–Crippen LogP) is 4.66. The molecule has 1 N–H and O–H groups in total. The summed E-state index contributed by atoms with van der Waals surface area (Å²) in [5, 5.41) is 1.01. The van der Waals surface area contributed by atoms with E-state index in [9.17, 15) is 4.79 Å². The zero-order valence-corrected chi connectivity index (χ0v) is 12.7. The van der Waals surface area contributed by atoms with E-state index in [0.29, 0.717) is 6.42 Å². The summed E-state index contributed by atoms with van der Waals surface area (Å²) in [5.74, 6) is 0.143. The Morgan fingerprint density at radius 1 is 1.15 bits per heavy atom. The number of halogens is 1. The zero-order chi connectivity index (χ0) is 14.1. The lowest BCUT2D eigenvalue weighted by Crippen LogP contribution is -2.02. The first-order chi connectivity index (χ1) is 9.63. The van der Waals surface area contributed by atoms with E-state index in [0.717, 1.165) is 32.1 Å². The van der Waals surface area contributed by atoms with Crippen LogP contribution in [0.2, 0.25) is 0 Å². The summed E-state index contributed by atoms with van der Waals surface area (Å²) in [4.78, 5) is 15.6. The maximum atomic E-state index is 12.5. The van der Waals surface area contributed by atoms with E-state index in [-0.39, 0.29) is 5.78 Å². The molecule has 3 heteroatoms. The number of nitrogens with one attached hydrogen (secondary N) is 1. The van der Waals surface area contributed by atoms with Crippen LogP contribution in [0.4, 0.5) is 0 Å². The van der Waals surface area contributed by atoms with Crippen LogP contribution >= 0.6 is 15.9 Å². The van der Waals surface area contributed by atoms with Gasteiger partial charge in [0.1, 0.15) is 0 Å². The third kappa shape index (κ3) is 2.54. The Labute approximate surface area is 126 Å². The van der Waals surface area contributed by atoms with E-state index in [4.69, 9.17) is 0 Å². The van der Waals surface area contributed by atoms with Gasteiger partial charge >= 0.3 is 0 Å². The fourth-order valence-electron chi connectivity index (χ4n) is 2.35. The van der Waals surface area contributed by atoms with E-state index in [2.05, 4.69) is 27.0 Å². The summed E-state index contributed by atoms with van der Waals surface area (Å²) in [6.45, 7) is 2.04. The van der Waals surface area contributed by atoms with Gasteiger partial charge in [0.2, 0.25) is 0 Å². The highest BCUT2D eigenvalue weighted by molar-refractivity contribution is 9.10. The summed E-state index contributed by atoms with van der Waals surface area (Å²) in [6, 6.07) is 14.0. The molecule has 2 aromatic carbocycles. The Hall–Kier alpha value is -1.87. The van der Waals surface area contributed by atoms with Gasteiger partial charge in [-0.1, -0.05) is 39.7 Å². The number of aromatic nitrogens is 1. The second-order valence-corrected chi connectivity index (χ2v) is 5.89. The van der Waals surface area contributed by atoms with E-state index < -0.39 is 0 Å². The van der Waals surface area contributed by atoms with Crippen LogP contribution in [0.3, 0.4) is 0 Å². The number of ketones is 1. The van der Waals surface area contributed by atoms with Crippen molar-refractivity contribution < 1.29 is 4.79 Å². The topological polar surface area (TPSA) is 32.9 Å². The summed E-state index contributed by atoms with van der Waals surface area (Å²) in [5.41, 5.74) is 3.97. The highest BCUT2D eigenvalue weighted by atomic mass is 79.9. The average Bonchev–Trinajstić information content (AvgIpc) is 2.84. The molecule has 1 heterocycles. The van der Waals surface area contributed by atoms with Crippen LogP contribution in [0.1, 0.15) is 21.5 Å². The number of carbonyl (C=O) groups is 1. The smallest absolute Gasteiger partial charge is 0.169 e. The van der Waals surface area contributed by atoms with Gasteiger partial charge in [0, 0.05) is 33.6 Å². The minimum Gasteiger partial charge on any atom is -0.360 e. The molecular formula is C17H14BrNO. The number of H-pyrrole nitrogens is 1. The fraction of sp³-hybridized carbons (Fsp3) is 0.118. The monoisotopic (exact) mass is 327 g/mol. The highest BCUT2D eigenvalue weighted by Gasteiger charge is 2.12.